The molecule has 3 aromatic rings. The Morgan fingerprint density at radius 2 is 1.86 bits per heavy atom. The molecule has 144 valence electrons. The van der Waals surface area contributed by atoms with E-state index in [0.717, 1.165) is 30.6 Å². The first-order valence-corrected chi connectivity index (χ1v) is 10.0. The van der Waals surface area contributed by atoms with Gasteiger partial charge in [-0.2, -0.15) is 0 Å². The number of nitrogens with one attached hydrogen (secondary N) is 1. The van der Waals surface area contributed by atoms with E-state index in [1.54, 1.807) is 0 Å². The Morgan fingerprint density at radius 3 is 2.68 bits per heavy atom. The van der Waals surface area contributed by atoms with Gasteiger partial charge in [-0.05, 0) is 48.1 Å². The van der Waals surface area contributed by atoms with Gasteiger partial charge >= 0.3 is 0 Å². The number of hydrogen-bond acceptors (Lipinski definition) is 2. The zero-order valence-electron chi connectivity index (χ0n) is 16.0. The van der Waals surface area contributed by atoms with Crippen molar-refractivity contribution < 1.29 is 4.39 Å². The summed E-state index contributed by atoms with van der Waals surface area (Å²) in [6, 6.07) is 17.7. The molecule has 0 bridgehead atoms. The smallest absolute Gasteiger partial charge is 0.123 e. The number of allylic oxidation sites excluding steroid dienone is 1. The highest BCUT2D eigenvalue weighted by Gasteiger charge is 2.14. The molecule has 0 saturated heterocycles. The summed E-state index contributed by atoms with van der Waals surface area (Å²) < 4.78 is 15.2. The SMILES string of the molecule is Fc1ccc(Cn2cncc2CNC2C=C(c3ccccc3)CCCC2)cc1. The number of nitrogens with zero attached hydrogens (tertiary/aromatic N) is 2. The van der Waals surface area contributed by atoms with E-state index in [2.05, 4.69) is 51.3 Å². The van der Waals surface area contributed by atoms with E-state index < -0.39 is 0 Å². The summed E-state index contributed by atoms with van der Waals surface area (Å²) in [6.45, 7) is 1.47. The highest BCUT2D eigenvalue weighted by Crippen LogP contribution is 2.26. The fourth-order valence-electron chi connectivity index (χ4n) is 3.80. The number of halogens is 1. The van der Waals surface area contributed by atoms with Gasteiger partial charge < -0.3 is 9.88 Å². The van der Waals surface area contributed by atoms with Crippen LogP contribution >= 0.6 is 0 Å². The summed E-state index contributed by atoms with van der Waals surface area (Å²) in [6.07, 6.45) is 10.9. The second kappa shape index (κ2) is 8.98. The van der Waals surface area contributed by atoms with Crippen molar-refractivity contribution in [2.45, 2.75) is 44.8 Å². The van der Waals surface area contributed by atoms with E-state index in [-0.39, 0.29) is 5.82 Å². The topological polar surface area (TPSA) is 29.9 Å². The minimum absolute atomic E-state index is 0.203. The number of rotatable bonds is 6. The van der Waals surface area contributed by atoms with Crippen LogP contribution in [0.4, 0.5) is 4.39 Å². The Balaban J connectivity index is 1.42. The van der Waals surface area contributed by atoms with Gasteiger partial charge in [0, 0.05) is 25.3 Å². The van der Waals surface area contributed by atoms with E-state index in [1.807, 2.05) is 24.7 Å². The van der Waals surface area contributed by atoms with Crippen LogP contribution in [-0.4, -0.2) is 15.6 Å². The van der Waals surface area contributed by atoms with E-state index in [1.165, 1.54) is 36.1 Å². The van der Waals surface area contributed by atoms with Gasteiger partial charge in [-0.25, -0.2) is 9.37 Å². The zero-order valence-corrected chi connectivity index (χ0v) is 16.0. The minimum atomic E-state index is -0.203. The molecule has 4 heteroatoms. The van der Waals surface area contributed by atoms with Crippen LogP contribution in [-0.2, 0) is 13.1 Å². The van der Waals surface area contributed by atoms with Crippen molar-refractivity contribution in [3.8, 4) is 0 Å². The van der Waals surface area contributed by atoms with Gasteiger partial charge in [-0.15, -0.1) is 0 Å². The summed E-state index contributed by atoms with van der Waals surface area (Å²) in [7, 11) is 0. The Bertz CT molecular complexity index is 913. The molecule has 0 amide bonds. The lowest BCUT2D eigenvalue weighted by molar-refractivity contribution is 0.525. The Hall–Kier alpha value is -2.72. The van der Waals surface area contributed by atoms with Crippen molar-refractivity contribution in [2.24, 2.45) is 0 Å². The fraction of sp³-hybridized carbons (Fsp3) is 0.292. The average molecular weight is 375 g/mol. The van der Waals surface area contributed by atoms with Gasteiger partial charge in [0.2, 0.25) is 0 Å². The third-order valence-electron chi connectivity index (χ3n) is 5.37. The van der Waals surface area contributed by atoms with Crippen molar-refractivity contribution in [1.82, 2.24) is 14.9 Å². The molecule has 1 aliphatic carbocycles. The molecule has 0 aliphatic heterocycles. The van der Waals surface area contributed by atoms with Gasteiger partial charge in [-0.3, -0.25) is 0 Å². The lowest BCUT2D eigenvalue weighted by Gasteiger charge is -2.16. The summed E-state index contributed by atoms with van der Waals surface area (Å²) in [5.41, 5.74) is 4.98. The highest BCUT2D eigenvalue weighted by atomic mass is 19.1. The monoisotopic (exact) mass is 375 g/mol. The molecule has 0 spiro atoms. The van der Waals surface area contributed by atoms with E-state index >= 15 is 0 Å². The van der Waals surface area contributed by atoms with Crippen molar-refractivity contribution in [2.75, 3.05) is 0 Å². The van der Waals surface area contributed by atoms with Crippen LogP contribution in [0, 0.1) is 5.82 Å². The predicted octanol–water partition coefficient (Wildman–Crippen LogP) is 5.19. The number of imidazole rings is 1. The van der Waals surface area contributed by atoms with Crippen LogP contribution < -0.4 is 5.32 Å². The van der Waals surface area contributed by atoms with Gasteiger partial charge in [0.25, 0.3) is 0 Å². The van der Waals surface area contributed by atoms with Crippen LogP contribution in [0.3, 0.4) is 0 Å². The number of aromatic nitrogens is 2. The van der Waals surface area contributed by atoms with Gasteiger partial charge in [-0.1, -0.05) is 55.0 Å². The second-order valence-electron chi connectivity index (χ2n) is 7.43. The maximum atomic E-state index is 13.1. The minimum Gasteiger partial charge on any atom is -0.329 e. The molecular weight excluding hydrogens is 349 g/mol. The molecule has 4 rings (SSSR count). The third kappa shape index (κ3) is 4.76. The lowest BCUT2D eigenvalue weighted by Crippen LogP contribution is -2.27. The van der Waals surface area contributed by atoms with Crippen LogP contribution in [0.5, 0.6) is 0 Å². The number of benzene rings is 2. The predicted molar refractivity (Wildman–Crippen MR) is 111 cm³/mol. The standard InChI is InChI=1S/C24H26FN3/c25-22-12-10-19(11-13-22)17-28-18-26-15-24(28)16-27-23-9-5-4-8-21(14-23)20-6-2-1-3-7-20/h1-3,6-7,10-15,18,23,27H,4-5,8-9,16-17H2. The molecule has 2 aromatic carbocycles. The van der Waals surface area contributed by atoms with Crippen LogP contribution in [0.1, 0.15) is 42.5 Å². The average Bonchev–Trinajstić information content (AvgIpc) is 3.03. The Labute approximate surface area is 165 Å². The van der Waals surface area contributed by atoms with E-state index in [0.29, 0.717) is 12.6 Å². The first kappa shape index (κ1) is 18.6. The first-order chi connectivity index (χ1) is 13.8. The lowest BCUT2D eigenvalue weighted by atomic mass is 10.0. The molecule has 1 atom stereocenters. The molecular formula is C24H26FN3. The van der Waals surface area contributed by atoms with E-state index in [9.17, 15) is 4.39 Å². The quantitative estimate of drug-likeness (QED) is 0.643. The van der Waals surface area contributed by atoms with Gasteiger partial charge in [0.05, 0.1) is 12.0 Å². The van der Waals surface area contributed by atoms with E-state index in [4.69, 9.17) is 0 Å². The Kier molecular flexibility index (Phi) is 5.98. The second-order valence-corrected chi connectivity index (χ2v) is 7.43. The van der Waals surface area contributed by atoms with Crippen LogP contribution in [0.2, 0.25) is 0 Å². The van der Waals surface area contributed by atoms with Crippen molar-refractivity contribution >= 4 is 5.57 Å². The zero-order chi connectivity index (χ0) is 19.2. The number of hydrogen-bond donors (Lipinski definition) is 1. The van der Waals surface area contributed by atoms with Crippen molar-refractivity contribution in [3.63, 3.8) is 0 Å². The van der Waals surface area contributed by atoms with Crippen molar-refractivity contribution in [3.05, 3.63) is 95.8 Å². The molecule has 28 heavy (non-hydrogen) atoms. The maximum absolute atomic E-state index is 13.1. The summed E-state index contributed by atoms with van der Waals surface area (Å²) in [5.74, 6) is -0.203. The third-order valence-corrected chi connectivity index (χ3v) is 5.37. The van der Waals surface area contributed by atoms with Crippen LogP contribution in [0.15, 0.2) is 73.2 Å². The van der Waals surface area contributed by atoms with Gasteiger partial charge in [0.1, 0.15) is 5.82 Å². The van der Waals surface area contributed by atoms with Crippen LogP contribution in [0.25, 0.3) is 5.57 Å². The van der Waals surface area contributed by atoms with Crippen molar-refractivity contribution in [1.29, 1.82) is 0 Å². The normalized spacial score (nSPS) is 17.2. The molecule has 1 aromatic heterocycles. The molecule has 0 fully saturated rings. The molecule has 0 radical (unpaired) electrons. The molecule has 1 N–H and O–H groups in total. The summed E-state index contributed by atoms with van der Waals surface area (Å²) in [5, 5.41) is 3.70. The molecule has 3 nitrogen and oxygen atoms in total. The summed E-state index contributed by atoms with van der Waals surface area (Å²) in [4.78, 5) is 4.31. The fourth-order valence-corrected chi connectivity index (χ4v) is 3.80. The maximum Gasteiger partial charge on any atom is 0.123 e. The highest BCUT2D eigenvalue weighted by molar-refractivity contribution is 5.66. The largest absolute Gasteiger partial charge is 0.329 e. The molecule has 0 saturated carbocycles. The first-order valence-electron chi connectivity index (χ1n) is 10.0. The Morgan fingerprint density at radius 1 is 1.04 bits per heavy atom. The molecule has 1 aliphatic rings. The molecule has 1 heterocycles. The summed E-state index contributed by atoms with van der Waals surface area (Å²) >= 11 is 0. The van der Waals surface area contributed by atoms with Gasteiger partial charge in [0.15, 0.2) is 0 Å². The molecule has 1 unspecified atom stereocenters.